The van der Waals surface area contributed by atoms with E-state index in [4.69, 9.17) is 52.1 Å². The van der Waals surface area contributed by atoms with E-state index in [1.807, 2.05) is 62.3 Å². The molecular formula is C103H216N10O14. The zero-order valence-electron chi connectivity index (χ0n) is 89.5. The standard InChI is InChI=1S/3C10H21NO2.4C10H21NO.C9H19NO.2C8H17NO.C8H16O/c3*1-10(2,3)13-8-9(12)7-11-5-4-6-11;1-10(2,3)12-9-5-8-11-6-4-7-11;3*1-4-11-6-5-10(7-11)8-12-9(2)3;1-4-10-5-9(6-10)7-11-8(2)3;2*1-7(2)10-6-8-4-9(3)5-8;1-7(2)9-6-8-4-3-5-8/h3*9,12H,4-8H2,1-3H3;4-9H2,1-3H3;3*9-10H,4-8H2,1-3H3;8-9H,4-7H2,1-3H3;2*7-8H,4-6H2,1-3H3;7-8H,3-6H2,1-2H3/t2*9-;;;2*10-;;;;;/m10..10...../s1. The van der Waals surface area contributed by atoms with E-state index >= 15 is 0 Å². The fraction of sp³-hybridized carbons (Fsp3) is 1.00. The molecule has 24 heteroatoms. The summed E-state index contributed by atoms with van der Waals surface area (Å²) in [6.45, 7) is 104. The van der Waals surface area contributed by atoms with Crippen molar-refractivity contribution in [1.29, 1.82) is 0 Å². The molecule has 2 unspecified atom stereocenters. The largest absolute Gasteiger partial charge is 0.389 e. The highest BCUT2D eigenvalue weighted by Crippen LogP contribution is 2.27. The minimum Gasteiger partial charge on any atom is -0.389 e. The Morgan fingerprint density at radius 1 is 0.260 bits per heavy atom. The molecule has 3 N–H and O–H groups in total. The molecule has 6 atom stereocenters. The Kier molecular flexibility index (Phi) is 69.0. The summed E-state index contributed by atoms with van der Waals surface area (Å²) in [5, 5.41) is 28.7. The highest BCUT2D eigenvalue weighted by atomic mass is 16.5. The van der Waals surface area contributed by atoms with Crippen molar-refractivity contribution in [3.8, 4) is 0 Å². The van der Waals surface area contributed by atoms with Gasteiger partial charge in [-0.15, -0.1) is 0 Å². The smallest absolute Gasteiger partial charge is 0.0900 e. The molecule has 10 aliphatic heterocycles. The molecule has 762 valence electrons. The molecule has 11 rings (SSSR count). The molecule has 0 aromatic carbocycles. The molecule has 10 heterocycles. The SMILES string of the molecule is CC(C)(C)OCC(O)CN1CCC1.CC(C)(C)OCCCN1CCC1.CC(C)(C)OC[C@@H](O)CN1CCC1.CC(C)(C)OC[C@H](O)CN1CCC1.CC(C)OCC1CCC1.CC(C)OCC1CN(C)C1.CC(C)OCC1CN(C)C1.CCN1CC(COC(C)C)C1.CCN1CCC(COC(C)C)C1.CCN1CC[C@@H](COC(C)C)C1.CCN1CC[C@H](COC(C)C)C1. The van der Waals surface area contributed by atoms with Gasteiger partial charge in [-0.3, -0.25) is 0 Å². The van der Waals surface area contributed by atoms with E-state index in [0.717, 1.165) is 153 Å². The van der Waals surface area contributed by atoms with Crippen molar-refractivity contribution in [3.63, 3.8) is 0 Å². The number of aliphatic hydroxyl groups is 3. The lowest BCUT2D eigenvalue weighted by Gasteiger charge is -2.38. The van der Waals surface area contributed by atoms with E-state index in [9.17, 15) is 15.3 Å². The predicted molar refractivity (Wildman–Crippen MR) is 533 cm³/mol. The maximum Gasteiger partial charge on any atom is 0.0900 e. The van der Waals surface area contributed by atoms with Crippen LogP contribution in [0.1, 0.15) is 278 Å². The Balaban J connectivity index is 0.000000699. The van der Waals surface area contributed by atoms with Crippen LogP contribution in [0, 0.1) is 41.4 Å². The number of hydrogen-bond acceptors (Lipinski definition) is 24. The molecule has 1 aliphatic carbocycles. The van der Waals surface area contributed by atoms with Gasteiger partial charge in [0.25, 0.3) is 0 Å². The summed E-state index contributed by atoms with van der Waals surface area (Å²) >= 11 is 0. The third-order valence-corrected chi connectivity index (χ3v) is 23.6. The van der Waals surface area contributed by atoms with E-state index in [2.05, 4.69) is 208 Å². The normalized spacial score (nSPS) is 22.2. The number of hydrogen-bond donors (Lipinski definition) is 3. The highest BCUT2D eigenvalue weighted by molar-refractivity contribution is 4.83. The maximum absolute atomic E-state index is 9.58. The van der Waals surface area contributed by atoms with Gasteiger partial charge in [0.2, 0.25) is 0 Å². The Labute approximate surface area is 785 Å². The molecule has 127 heavy (non-hydrogen) atoms. The number of likely N-dealkylation sites (tertiary alicyclic amines) is 10. The van der Waals surface area contributed by atoms with Crippen LogP contribution in [-0.4, -0.2) is 418 Å². The van der Waals surface area contributed by atoms with Gasteiger partial charge in [0, 0.05) is 116 Å². The number of β-amino-alcohol motifs (C(OH)–C–C–N with tert-alkyl or cyclic N) is 3. The third kappa shape index (κ3) is 73.0. The van der Waals surface area contributed by atoms with E-state index in [1.54, 1.807) is 0 Å². The van der Waals surface area contributed by atoms with E-state index < -0.39 is 0 Å². The minimum absolute atomic E-state index is 0.0367. The molecule has 10 saturated heterocycles. The number of rotatable bonds is 41. The summed E-state index contributed by atoms with van der Waals surface area (Å²) in [5.74, 6) is 5.65. The fourth-order valence-electron chi connectivity index (χ4n) is 14.9. The summed E-state index contributed by atoms with van der Waals surface area (Å²) in [6, 6.07) is 0. The Bertz CT molecular complexity index is 2290. The summed E-state index contributed by atoms with van der Waals surface area (Å²) in [7, 11) is 4.29. The van der Waals surface area contributed by atoms with Crippen LogP contribution in [0.2, 0.25) is 0 Å². The average Bonchev–Trinajstić information content (AvgIpc) is 1.69. The first kappa shape index (κ1) is 124. The summed E-state index contributed by atoms with van der Waals surface area (Å²) in [4.78, 5) is 23.8. The summed E-state index contributed by atoms with van der Waals surface area (Å²) < 4.78 is 60.7. The Hall–Kier alpha value is -0.960. The van der Waals surface area contributed by atoms with Gasteiger partial charge in [-0.05, 0) is 380 Å². The first-order valence-electron chi connectivity index (χ1n) is 51.6. The van der Waals surface area contributed by atoms with Crippen LogP contribution in [0.3, 0.4) is 0 Å². The van der Waals surface area contributed by atoms with Crippen LogP contribution in [0.15, 0.2) is 0 Å². The van der Waals surface area contributed by atoms with Gasteiger partial charge in [0.1, 0.15) is 0 Å². The van der Waals surface area contributed by atoms with Gasteiger partial charge in [-0.1, -0.05) is 34.1 Å². The van der Waals surface area contributed by atoms with Gasteiger partial charge in [-0.2, -0.15) is 0 Å². The lowest BCUT2D eigenvalue weighted by Crippen LogP contribution is -2.48. The van der Waals surface area contributed by atoms with Crippen LogP contribution in [0.25, 0.3) is 0 Å². The summed E-state index contributed by atoms with van der Waals surface area (Å²) in [5.41, 5.74) is -0.392. The predicted octanol–water partition coefficient (Wildman–Crippen LogP) is 15.3. The van der Waals surface area contributed by atoms with Crippen LogP contribution >= 0.6 is 0 Å². The van der Waals surface area contributed by atoms with Crippen molar-refractivity contribution in [3.05, 3.63) is 0 Å². The van der Waals surface area contributed by atoms with Crippen LogP contribution in [0.4, 0.5) is 0 Å². The van der Waals surface area contributed by atoms with Gasteiger partial charge in [-0.25, -0.2) is 0 Å². The molecule has 0 aromatic heterocycles. The van der Waals surface area contributed by atoms with Gasteiger partial charge in [0.05, 0.1) is 143 Å². The van der Waals surface area contributed by atoms with Crippen molar-refractivity contribution < 1.29 is 67.4 Å². The number of ether oxygens (including phenoxy) is 11. The highest BCUT2D eigenvalue weighted by Gasteiger charge is 2.30. The molecule has 0 bridgehead atoms. The number of nitrogens with zero attached hydrogens (tertiary/aromatic N) is 10. The van der Waals surface area contributed by atoms with Crippen LogP contribution < -0.4 is 0 Å². The van der Waals surface area contributed by atoms with Gasteiger partial charge in [0.15, 0.2) is 0 Å². The van der Waals surface area contributed by atoms with Crippen molar-refractivity contribution >= 4 is 0 Å². The second-order valence-corrected chi connectivity index (χ2v) is 44.2. The molecule has 24 nitrogen and oxygen atoms in total. The quantitative estimate of drug-likeness (QED) is 0.0489. The average molecular weight is 1820 g/mol. The van der Waals surface area contributed by atoms with Crippen molar-refractivity contribution in [2.45, 2.75) is 362 Å². The molecular weight excluding hydrogens is 1600 g/mol. The molecule has 0 aromatic rings. The Morgan fingerprint density at radius 3 is 0.677 bits per heavy atom. The van der Waals surface area contributed by atoms with Crippen molar-refractivity contribution in [1.82, 2.24) is 49.0 Å². The monoisotopic (exact) mass is 1820 g/mol. The molecule has 0 radical (unpaired) electrons. The second kappa shape index (κ2) is 70.6. The lowest BCUT2D eigenvalue weighted by atomic mass is 9.86. The van der Waals surface area contributed by atoms with Crippen LogP contribution in [0.5, 0.6) is 0 Å². The first-order valence-corrected chi connectivity index (χ1v) is 51.6. The second-order valence-electron chi connectivity index (χ2n) is 44.2. The molecule has 11 fully saturated rings. The van der Waals surface area contributed by atoms with E-state index in [-0.39, 0.29) is 40.7 Å². The molecule has 1 saturated carbocycles. The van der Waals surface area contributed by atoms with Crippen molar-refractivity contribution in [2.24, 2.45) is 41.4 Å². The summed E-state index contributed by atoms with van der Waals surface area (Å²) in [6.07, 6.45) is 16.3. The minimum atomic E-state index is -0.334. The molecule has 0 amide bonds. The topological polar surface area (TPSA) is 195 Å². The van der Waals surface area contributed by atoms with E-state index in [0.29, 0.717) is 62.5 Å². The number of aliphatic hydroxyl groups excluding tert-OH is 3. The maximum atomic E-state index is 9.58. The molecule has 0 spiro atoms. The van der Waals surface area contributed by atoms with Gasteiger partial charge < -0.3 is 116 Å². The van der Waals surface area contributed by atoms with E-state index in [1.165, 1.54) is 195 Å². The zero-order valence-corrected chi connectivity index (χ0v) is 89.5. The first-order chi connectivity index (χ1) is 59.5. The fourth-order valence-corrected chi connectivity index (χ4v) is 14.9. The van der Waals surface area contributed by atoms with Crippen LogP contribution in [-0.2, 0) is 52.1 Å². The molecule has 11 aliphatic rings. The van der Waals surface area contributed by atoms with Crippen molar-refractivity contribution in [2.75, 3.05) is 270 Å². The lowest BCUT2D eigenvalue weighted by molar-refractivity contribution is -0.0600. The zero-order chi connectivity index (χ0) is 95.7. The third-order valence-electron chi connectivity index (χ3n) is 23.6. The Morgan fingerprint density at radius 2 is 0.488 bits per heavy atom. The van der Waals surface area contributed by atoms with Gasteiger partial charge >= 0.3 is 0 Å².